The number of anilines is 2. The van der Waals surface area contributed by atoms with Gasteiger partial charge in [0, 0.05) is 23.3 Å². The highest BCUT2D eigenvalue weighted by Gasteiger charge is 2.37. The Morgan fingerprint density at radius 2 is 1.93 bits per heavy atom. The second-order valence-electron chi connectivity index (χ2n) is 7.65. The van der Waals surface area contributed by atoms with Crippen molar-refractivity contribution in [3.05, 3.63) is 53.6 Å². The van der Waals surface area contributed by atoms with E-state index in [4.69, 9.17) is 0 Å². The summed E-state index contributed by atoms with van der Waals surface area (Å²) in [6.07, 6.45) is 3.73. The Morgan fingerprint density at radius 1 is 1.15 bits per heavy atom. The molecule has 142 valence electrons. The van der Waals surface area contributed by atoms with Crippen LogP contribution in [-0.4, -0.2) is 20.4 Å². The number of hydrogen-bond donors (Lipinski definition) is 1. The number of benzene rings is 2. The molecule has 1 atom stereocenters. The molecule has 1 aliphatic heterocycles. The van der Waals surface area contributed by atoms with Crippen LogP contribution in [0.4, 0.5) is 11.4 Å². The highest BCUT2D eigenvalue weighted by Crippen LogP contribution is 2.38. The lowest BCUT2D eigenvalue weighted by Gasteiger charge is -2.32. The van der Waals surface area contributed by atoms with Gasteiger partial charge in [-0.2, -0.15) is 0 Å². The van der Waals surface area contributed by atoms with E-state index in [-0.39, 0.29) is 22.8 Å². The summed E-state index contributed by atoms with van der Waals surface area (Å²) in [5, 5.41) is 0. The third kappa shape index (κ3) is 3.34. The monoisotopic (exact) mass is 384 g/mol. The highest BCUT2D eigenvalue weighted by atomic mass is 32.2. The zero-order chi connectivity index (χ0) is 19.2. The first-order chi connectivity index (χ1) is 12.8. The Kier molecular flexibility index (Phi) is 4.46. The maximum Gasteiger partial charge on any atom is 0.261 e. The van der Waals surface area contributed by atoms with E-state index in [1.807, 2.05) is 30.9 Å². The second-order valence-corrected chi connectivity index (χ2v) is 9.34. The van der Waals surface area contributed by atoms with Crippen LogP contribution in [0.25, 0.3) is 0 Å². The molecule has 1 saturated carbocycles. The van der Waals surface area contributed by atoms with Crippen molar-refractivity contribution in [2.45, 2.75) is 50.5 Å². The van der Waals surface area contributed by atoms with Crippen LogP contribution in [0.2, 0.25) is 0 Å². The van der Waals surface area contributed by atoms with Gasteiger partial charge in [-0.05, 0) is 74.6 Å². The molecule has 0 unspecified atom stereocenters. The summed E-state index contributed by atoms with van der Waals surface area (Å²) in [6.45, 7) is 3.94. The van der Waals surface area contributed by atoms with E-state index in [9.17, 15) is 13.2 Å². The van der Waals surface area contributed by atoms with Crippen molar-refractivity contribution in [2.75, 3.05) is 9.62 Å². The van der Waals surface area contributed by atoms with Crippen molar-refractivity contribution >= 4 is 27.3 Å². The van der Waals surface area contributed by atoms with Gasteiger partial charge >= 0.3 is 0 Å². The Balaban J connectivity index is 1.61. The minimum absolute atomic E-state index is 0.0655. The number of nitrogens with zero attached hydrogens (tertiary/aromatic N) is 1. The van der Waals surface area contributed by atoms with Gasteiger partial charge in [-0.3, -0.25) is 9.52 Å². The van der Waals surface area contributed by atoms with Crippen LogP contribution in [0.3, 0.4) is 0 Å². The molecule has 2 aromatic carbocycles. The number of carbonyl (C=O) groups excluding carboxylic acids is 1. The Labute approximate surface area is 160 Å². The van der Waals surface area contributed by atoms with Gasteiger partial charge in [0.25, 0.3) is 10.0 Å². The van der Waals surface area contributed by atoms with Crippen LogP contribution < -0.4 is 9.62 Å². The molecule has 5 nitrogen and oxygen atoms in total. The summed E-state index contributed by atoms with van der Waals surface area (Å²) >= 11 is 0. The van der Waals surface area contributed by atoms with Gasteiger partial charge in [-0.15, -0.1) is 0 Å². The van der Waals surface area contributed by atoms with E-state index in [1.165, 1.54) is 0 Å². The van der Waals surface area contributed by atoms with Gasteiger partial charge in [-0.1, -0.05) is 18.6 Å². The molecule has 0 saturated heterocycles. The first kappa shape index (κ1) is 18.0. The number of aryl methyl sites for hydroxylation is 1. The van der Waals surface area contributed by atoms with Crippen molar-refractivity contribution in [2.24, 2.45) is 5.92 Å². The number of rotatable bonds is 4. The minimum Gasteiger partial charge on any atom is -0.309 e. The lowest BCUT2D eigenvalue weighted by atomic mass is 9.84. The number of sulfonamides is 1. The fourth-order valence-electron chi connectivity index (χ4n) is 3.88. The molecule has 1 fully saturated rings. The van der Waals surface area contributed by atoms with Crippen LogP contribution in [0.1, 0.15) is 37.3 Å². The summed E-state index contributed by atoms with van der Waals surface area (Å²) in [4.78, 5) is 14.8. The maximum absolute atomic E-state index is 12.8. The molecule has 0 bridgehead atoms. The molecule has 4 rings (SSSR count). The number of fused-ring (bicyclic) bond motifs is 1. The number of hydrogen-bond acceptors (Lipinski definition) is 3. The molecule has 0 radical (unpaired) electrons. The normalized spacial score (nSPS) is 19.5. The first-order valence-corrected chi connectivity index (χ1v) is 10.9. The smallest absolute Gasteiger partial charge is 0.261 e. The summed E-state index contributed by atoms with van der Waals surface area (Å²) in [5.41, 5.74) is 3.31. The van der Waals surface area contributed by atoms with Gasteiger partial charge in [0.05, 0.1) is 4.90 Å². The molecule has 27 heavy (non-hydrogen) atoms. The Bertz CT molecular complexity index is 996. The molecule has 6 heteroatoms. The zero-order valence-corrected chi connectivity index (χ0v) is 16.4. The largest absolute Gasteiger partial charge is 0.309 e. The molecule has 2 aliphatic rings. The average molecular weight is 385 g/mol. The SMILES string of the molecule is Cc1cccc(NS(=O)(=O)c2ccc3c(c2)C[C@@H](C)N3C(=O)C2CCC2)c1. The summed E-state index contributed by atoms with van der Waals surface area (Å²) in [5.74, 6) is 0.311. The molecule has 2 aromatic rings. The Morgan fingerprint density at radius 3 is 2.59 bits per heavy atom. The minimum atomic E-state index is -3.67. The number of carbonyl (C=O) groups is 1. The summed E-state index contributed by atoms with van der Waals surface area (Å²) in [7, 11) is -3.67. The molecule has 0 spiro atoms. The standard InChI is InChI=1S/C21H24N2O3S/c1-14-5-3-8-18(11-14)22-27(25,26)19-9-10-20-17(13-19)12-15(2)23(20)21(24)16-6-4-7-16/h3,5,8-11,13,15-16,22H,4,6-7,12H2,1-2H3/t15-/m1/s1. The molecule has 1 amide bonds. The summed E-state index contributed by atoms with van der Waals surface area (Å²) < 4.78 is 28.2. The highest BCUT2D eigenvalue weighted by molar-refractivity contribution is 7.92. The van der Waals surface area contributed by atoms with Crippen molar-refractivity contribution in [3.8, 4) is 0 Å². The lowest BCUT2D eigenvalue weighted by Crippen LogP contribution is -2.42. The molecular formula is C21H24N2O3S. The van der Waals surface area contributed by atoms with Gasteiger partial charge in [0.15, 0.2) is 0 Å². The summed E-state index contributed by atoms with van der Waals surface area (Å²) in [6, 6.07) is 12.4. The number of nitrogens with one attached hydrogen (secondary N) is 1. The van der Waals surface area contributed by atoms with E-state index >= 15 is 0 Å². The maximum atomic E-state index is 12.8. The van der Waals surface area contributed by atoms with Crippen molar-refractivity contribution in [1.82, 2.24) is 0 Å². The van der Waals surface area contributed by atoms with Crippen LogP contribution in [0.5, 0.6) is 0 Å². The third-order valence-corrected chi connectivity index (χ3v) is 6.92. The van der Waals surface area contributed by atoms with Crippen LogP contribution in [0, 0.1) is 12.8 Å². The van der Waals surface area contributed by atoms with E-state index in [2.05, 4.69) is 4.72 Å². The van der Waals surface area contributed by atoms with Crippen LogP contribution in [0.15, 0.2) is 47.4 Å². The third-order valence-electron chi connectivity index (χ3n) is 5.54. The van der Waals surface area contributed by atoms with Crippen LogP contribution >= 0.6 is 0 Å². The van der Waals surface area contributed by atoms with E-state index in [0.29, 0.717) is 12.1 Å². The molecular weight excluding hydrogens is 360 g/mol. The molecule has 1 aliphatic carbocycles. The average Bonchev–Trinajstić information content (AvgIpc) is 2.87. The fourth-order valence-corrected chi connectivity index (χ4v) is 4.98. The zero-order valence-electron chi connectivity index (χ0n) is 15.6. The quantitative estimate of drug-likeness (QED) is 0.870. The van der Waals surface area contributed by atoms with Crippen LogP contribution in [-0.2, 0) is 21.2 Å². The van der Waals surface area contributed by atoms with Crippen molar-refractivity contribution in [3.63, 3.8) is 0 Å². The van der Waals surface area contributed by atoms with E-state index in [0.717, 1.165) is 36.1 Å². The van der Waals surface area contributed by atoms with Gasteiger partial charge < -0.3 is 4.90 Å². The predicted molar refractivity (Wildman–Crippen MR) is 106 cm³/mol. The van der Waals surface area contributed by atoms with Gasteiger partial charge in [-0.25, -0.2) is 8.42 Å². The van der Waals surface area contributed by atoms with Crippen molar-refractivity contribution in [1.29, 1.82) is 0 Å². The second kappa shape index (κ2) is 6.68. The molecule has 0 aromatic heterocycles. The van der Waals surface area contributed by atoms with Gasteiger partial charge in [0.2, 0.25) is 5.91 Å². The fraction of sp³-hybridized carbons (Fsp3) is 0.381. The van der Waals surface area contributed by atoms with Gasteiger partial charge in [0.1, 0.15) is 0 Å². The topological polar surface area (TPSA) is 66.5 Å². The lowest BCUT2D eigenvalue weighted by molar-refractivity contribution is -0.125. The molecule has 1 heterocycles. The van der Waals surface area contributed by atoms with Crippen molar-refractivity contribution < 1.29 is 13.2 Å². The van der Waals surface area contributed by atoms with E-state index < -0.39 is 10.0 Å². The number of amides is 1. The first-order valence-electron chi connectivity index (χ1n) is 9.40. The Hall–Kier alpha value is -2.34. The van der Waals surface area contributed by atoms with E-state index in [1.54, 1.807) is 30.3 Å². The molecule has 1 N–H and O–H groups in total. The predicted octanol–water partition coefficient (Wildman–Crippen LogP) is 3.87.